The molecule has 2 heteroatoms. The van der Waals surface area contributed by atoms with Crippen LogP contribution in [0.1, 0.15) is 70.7 Å². The molecule has 2 atom stereocenters. The lowest BCUT2D eigenvalue weighted by Gasteiger charge is -2.49. The molecule has 0 bridgehead atoms. The van der Waals surface area contributed by atoms with Gasteiger partial charge in [-0.15, -0.1) is 0 Å². The molecule has 2 nitrogen and oxygen atoms in total. The van der Waals surface area contributed by atoms with Gasteiger partial charge in [0, 0.05) is 11.1 Å². The van der Waals surface area contributed by atoms with Crippen molar-refractivity contribution in [3.63, 3.8) is 0 Å². The molecule has 1 fully saturated rings. The fourth-order valence-corrected chi connectivity index (χ4v) is 5.07. The smallest absolute Gasteiger partial charge is 0.0551 e. The van der Waals surface area contributed by atoms with E-state index in [4.69, 9.17) is 5.10 Å². The summed E-state index contributed by atoms with van der Waals surface area (Å²) in [7, 11) is 0. The van der Waals surface area contributed by atoms with Crippen LogP contribution in [0.25, 0.3) is 0 Å². The molecule has 0 amide bonds. The molecule has 1 aromatic heterocycles. The predicted molar refractivity (Wildman–Crippen MR) is 79.3 cm³/mol. The van der Waals surface area contributed by atoms with Crippen LogP contribution in [0.5, 0.6) is 0 Å². The van der Waals surface area contributed by atoms with Gasteiger partial charge in [0.05, 0.1) is 12.2 Å². The summed E-state index contributed by atoms with van der Waals surface area (Å²) in [5.74, 6) is 2.22. The van der Waals surface area contributed by atoms with Gasteiger partial charge in [0.15, 0.2) is 0 Å². The highest BCUT2D eigenvalue weighted by Crippen LogP contribution is 2.55. The van der Waals surface area contributed by atoms with Crippen molar-refractivity contribution in [3.05, 3.63) is 17.5 Å². The van der Waals surface area contributed by atoms with Crippen LogP contribution in [-0.4, -0.2) is 9.78 Å². The van der Waals surface area contributed by atoms with Crippen LogP contribution < -0.4 is 0 Å². The van der Waals surface area contributed by atoms with Crippen molar-refractivity contribution in [2.75, 3.05) is 0 Å². The average Bonchev–Trinajstić information content (AvgIpc) is 2.93. The number of hydrogen-bond donors (Lipinski definition) is 0. The lowest BCUT2D eigenvalue weighted by atomic mass is 9.59. The Balaban J connectivity index is 2.21. The Bertz CT molecular complexity index is 462. The summed E-state index contributed by atoms with van der Waals surface area (Å²) in [5.41, 5.74) is 3.29. The van der Waals surface area contributed by atoms with Gasteiger partial charge in [-0.2, -0.15) is 5.10 Å². The molecule has 1 saturated carbocycles. The standard InChI is InChI=1S/C17H28N2/c1-11(2)17(12(3)4)9-14-7-6-8-15(14)19-16(17)13(5)10-18-19/h10-12,14-15H,6-9H2,1-5H3. The van der Waals surface area contributed by atoms with Crippen LogP contribution >= 0.6 is 0 Å². The number of hydrogen-bond acceptors (Lipinski definition) is 1. The van der Waals surface area contributed by atoms with Gasteiger partial charge in [-0.1, -0.05) is 34.1 Å². The van der Waals surface area contributed by atoms with E-state index < -0.39 is 0 Å². The van der Waals surface area contributed by atoms with Crippen molar-refractivity contribution in [3.8, 4) is 0 Å². The summed E-state index contributed by atoms with van der Waals surface area (Å²) in [6.07, 6.45) is 7.62. The van der Waals surface area contributed by atoms with Crippen LogP contribution in [0.4, 0.5) is 0 Å². The zero-order valence-corrected chi connectivity index (χ0v) is 13.1. The molecule has 2 aliphatic rings. The fourth-order valence-electron chi connectivity index (χ4n) is 5.07. The molecule has 0 N–H and O–H groups in total. The molecule has 2 unspecified atom stereocenters. The van der Waals surface area contributed by atoms with Crippen LogP contribution in [0.3, 0.4) is 0 Å². The second-order valence-corrected chi connectivity index (χ2v) is 7.43. The van der Waals surface area contributed by atoms with Crippen LogP contribution in [0.15, 0.2) is 6.20 Å². The molecular formula is C17H28N2. The van der Waals surface area contributed by atoms with Gasteiger partial charge in [0.25, 0.3) is 0 Å². The van der Waals surface area contributed by atoms with Crippen LogP contribution in [-0.2, 0) is 5.41 Å². The van der Waals surface area contributed by atoms with E-state index in [1.165, 1.54) is 31.2 Å². The lowest BCUT2D eigenvalue weighted by molar-refractivity contribution is 0.102. The Morgan fingerprint density at radius 3 is 2.53 bits per heavy atom. The molecule has 0 saturated heterocycles. The van der Waals surface area contributed by atoms with Crippen molar-refractivity contribution in [1.82, 2.24) is 9.78 Å². The number of aromatic nitrogens is 2. The Labute approximate surface area is 117 Å². The van der Waals surface area contributed by atoms with E-state index in [2.05, 4.69) is 45.5 Å². The molecule has 19 heavy (non-hydrogen) atoms. The minimum absolute atomic E-state index is 0.325. The molecule has 1 aliphatic heterocycles. The van der Waals surface area contributed by atoms with Gasteiger partial charge >= 0.3 is 0 Å². The van der Waals surface area contributed by atoms with Gasteiger partial charge in [-0.25, -0.2) is 0 Å². The van der Waals surface area contributed by atoms with E-state index in [1.54, 1.807) is 5.69 Å². The second-order valence-electron chi connectivity index (χ2n) is 7.43. The van der Waals surface area contributed by atoms with Crippen molar-refractivity contribution < 1.29 is 0 Å². The number of rotatable bonds is 2. The van der Waals surface area contributed by atoms with Gasteiger partial charge in [0.2, 0.25) is 0 Å². The highest BCUT2D eigenvalue weighted by atomic mass is 15.3. The first kappa shape index (κ1) is 13.2. The van der Waals surface area contributed by atoms with E-state index in [9.17, 15) is 0 Å². The Morgan fingerprint density at radius 1 is 1.21 bits per heavy atom. The second kappa shape index (κ2) is 4.36. The normalized spacial score (nSPS) is 28.8. The molecule has 1 aliphatic carbocycles. The first-order valence-corrected chi connectivity index (χ1v) is 8.03. The maximum absolute atomic E-state index is 4.78. The third-order valence-corrected chi connectivity index (χ3v) is 6.01. The Hall–Kier alpha value is -0.790. The molecule has 2 heterocycles. The summed E-state index contributed by atoms with van der Waals surface area (Å²) in [6.45, 7) is 11.9. The summed E-state index contributed by atoms with van der Waals surface area (Å²) in [5, 5.41) is 4.78. The Kier molecular flexibility index (Phi) is 3.03. The third kappa shape index (κ3) is 1.64. The maximum atomic E-state index is 4.78. The number of fused-ring (bicyclic) bond motifs is 3. The van der Waals surface area contributed by atoms with Gasteiger partial charge < -0.3 is 0 Å². The van der Waals surface area contributed by atoms with Crippen molar-refractivity contribution in [1.29, 1.82) is 0 Å². The highest BCUT2D eigenvalue weighted by molar-refractivity contribution is 5.31. The van der Waals surface area contributed by atoms with Crippen molar-refractivity contribution in [2.24, 2.45) is 17.8 Å². The Morgan fingerprint density at radius 2 is 1.89 bits per heavy atom. The quantitative estimate of drug-likeness (QED) is 0.766. The zero-order chi connectivity index (χ0) is 13.8. The number of nitrogens with zero attached hydrogens (tertiary/aromatic N) is 2. The van der Waals surface area contributed by atoms with Gasteiger partial charge in [-0.3, -0.25) is 4.68 Å². The first-order valence-electron chi connectivity index (χ1n) is 8.03. The van der Waals surface area contributed by atoms with E-state index >= 15 is 0 Å². The minimum Gasteiger partial charge on any atom is -0.265 e. The summed E-state index contributed by atoms with van der Waals surface area (Å²) in [4.78, 5) is 0. The van der Waals surface area contributed by atoms with E-state index in [0.717, 1.165) is 5.92 Å². The fraction of sp³-hybridized carbons (Fsp3) is 0.824. The van der Waals surface area contributed by atoms with Gasteiger partial charge in [0.1, 0.15) is 0 Å². The molecule has 3 rings (SSSR count). The van der Waals surface area contributed by atoms with Crippen molar-refractivity contribution in [2.45, 2.75) is 71.8 Å². The summed E-state index contributed by atoms with van der Waals surface area (Å²) < 4.78 is 2.43. The average molecular weight is 260 g/mol. The topological polar surface area (TPSA) is 17.8 Å². The summed E-state index contributed by atoms with van der Waals surface area (Å²) >= 11 is 0. The summed E-state index contributed by atoms with van der Waals surface area (Å²) in [6, 6.07) is 0.689. The van der Waals surface area contributed by atoms with Gasteiger partial charge in [-0.05, 0) is 49.5 Å². The molecule has 0 radical (unpaired) electrons. The molecule has 0 spiro atoms. The van der Waals surface area contributed by atoms with Crippen LogP contribution in [0, 0.1) is 24.7 Å². The lowest BCUT2D eigenvalue weighted by Crippen LogP contribution is -2.47. The molecule has 106 valence electrons. The van der Waals surface area contributed by atoms with Crippen molar-refractivity contribution >= 4 is 0 Å². The van der Waals surface area contributed by atoms with E-state index in [-0.39, 0.29) is 0 Å². The third-order valence-electron chi connectivity index (χ3n) is 6.01. The maximum Gasteiger partial charge on any atom is 0.0551 e. The largest absolute Gasteiger partial charge is 0.265 e. The molecular weight excluding hydrogens is 232 g/mol. The van der Waals surface area contributed by atoms with Crippen LogP contribution in [0.2, 0.25) is 0 Å². The molecule has 1 aromatic rings. The molecule has 0 aromatic carbocycles. The first-order chi connectivity index (χ1) is 8.98. The highest BCUT2D eigenvalue weighted by Gasteiger charge is 2.50. The van der Waals surface area contributed by atoms with E-state index in [0.29, 0.717) is 23.3 Å². The monoisotopic (exact) mass is 260 g/mol. The predicted octanol–water partition coefficient (Wildman–Crippen LogP) is 4.49. The zero-order valence-electron chi connectivity index (χ0n) is 13.1. The SMILES string of the molecule is Cc1cnn2c1C(C(C)C)(C(C)C)CC1CCCC12. The minimum atomic E-state index is 0.325. The van der Waals surface area contributed by atoms with E-state index in [1.807, 2.05) is 0 Å². The number of aryl methyl sites for hydroxylation is 1.